The van der Waals surface area contributed by atoms with E-state index >= 15 is 0 Å². The number of urea groups is 1. The first-order valence-electron chi connectivity index (χ1n) is 7.20. The Morgan fingerprint density at radius 2 is 1.92 bits per heavy atom. The van der Waals surface area contributed by atoms with E-state index in [-0.39, 0.29) is 0 Å². The van der Waals surface area contributed by atoms with Gasteiger partial charge >= 0.3 is 18.2 Å². The quantitative estimate of drug-likeness (QED) is 0.726. The average Bonchev–Trinajstić information content (AvgIpc) is 2.52. The molecule has 1 saturated heterocycles. The molecule has 0 radical (unpaired) electrons. The molecule has 0 atom stereocenters. The maximum absolute atomic E-state index is 12.2. The zero-order valence-electron chi connectivity index (χ0n) is 13.9. The lowest BCUT2D eigenvalue weighted by atomic mass is 9.94. The predicted molar refractivity (Wildman–Crippen MR) is 89.2 cm³/mol. The number of aliphatic hydroxyl groups is 1. The monoisotopic (exact) mass is 416 g/mol. The number of likely N-dealkylation sites (tertiary alicyclic amines) is 1. The molecule has 0 bridgehead atoms. The van der Waals surface area contributed by atoms with Crippen molar-refractivity contribution in [2.75, 3.05) is 26.7 Å². The SMILES string of the molecule is COC(=O)CNC(=O)N1CC(O)(C(F)(F)F)C1.Cc1ccc(Cl)cc1Cl. The molecule has 1 fully saturated rings. The van der Waals surface area contributed by atoms with Crippen LogP contribution in [-0.4, -0.2) is 60.5 Å². The van der Waals surface area contributed by atoms with Crippen LogP contribution in [0, 0.1) is 6.92 Å². The molecule has 0 saturated carbocycles. The maximum Gasteiger partial charge on any atom is 0.420 e. The van der Waals surface area contributed by atoms with Crippen LogP contribution in [0.2, 0.25) is 10.0 Å². The number of ether oxygens (including phenoxy) is 1. The fourth-order valence-electron chi connectivity index (χ4n) is 1.81. The summed E-state index contributed by atoms with van der Waals surface area (Å²) in [5, 5.41) is 12.5. The first-order valence-corrected chi connectivity index (χ1v) is 7.95. The molecule has 0 unspecified atom stereocenters. The Hall–Kier alpha value is -1.71. The van der Waals surface area contributed by atoms with Crippen LogP contribution >= 0.6 is 23.2 Å². The second kappa shape index (κ2) is 8.79. The van der Waals surface area contributed by atoms with Crippen LogP contribution < -0.4 is 5.32 Å². The number of nitrogens with zero attached hydrogens (tertiary/aromatic N) is 1. The smallest absolute Gasteiger partial charge is 0.420 e. The minimum Gasteiger partial charge on any atom is -0.468 e. The third kappa shape index (κ3) is 5.93. The van der Waals surface area contributed by atoms with E-state index in [2.05, 4.69) is 10.1 Å². The summed E-state index contributed by atoms with van der Waals surface area (Å²) in [6.07, 6.45) is -4.77. The van der Waals surface area contributed by atoms with Gasteiger partial charge in [0.15, 0.2) is 5.60 Å². The van der Waals surface area contributed by atoms with Crippen LogP contribution in [0.4, 0.5) is 18.0 Å². The summed E-state index contributed by atoms with van der Waals surface area (Å²) in [5.41, 5.74) is -1.80. The highest BCUT2D eigenvalue weighted by atomic mass is 35.5. The van der Waals surface area contributed by atoms with Gasteiger partial charge in [-0.1, -0.05) is 29.3 Å². The van der Waals surface area contributed by atoms with Crippen molar-refractivity contribution in [1.82, 2.24) is 10.2 Å². The minimum absolute atomic E-state index is 0.434. The molecular weight excluding hydrogens is 400 g/mol. The Bertz CT molecular complexity index is 665. The lowest BCUT2D eigenvalue weighted by Gasteiger charge is -2.46. The Morgan fingerprint density at radius 3 is 2.35 bits per heavy atom. The molecule has 0 aromatic heterocycles. The Labute approximate surface area is 157 Å². The largest absolute Gasteiger partial charge is 0.468 e. The molecule has 26 heavy (non-hydrogen) atoms. The fraction of sp³-hybridized carbons (Fsp3) is 0.467. The molecule has 146 valence electrons. The highest BCUT2D eigenvalue weighted by Gasteiger charge is 2.62. The lowest BCUT2D eigenvalue weighted by molar-refractivity contribution is -0.294. The summed E-state index contributed by atoms with van der Waals surface area (Å²) in [5.74, 6) is -0.718. The third-order valence-electron chi connectivity index (χ3n) is 3.47. The van der Waals surface area contributed by atoms with Crippen molar-refractivity contribution >= 4 is 35.2 Å². The normalized spacial score (nSPS) is 15.3. The van der Waals surface area contributed by atoms with Crippen LogP contribution in [-0.2, 0) is 9.53 Å². The number of amides is 2. The van der Waals surface area contributed by atoms with E-state index in [0.29, 0.717) is 5.02 Å². The third-order valence-corrected chi connectivity index (χ3v) is 4.11. The van der Waals surface area contributed by atoms with E-state index in [1.165, 1.54) is 0 Å². The number of alkyl halides is 3. The van der Waals surface area contributed by atoms with Crippen LogP contribution in [0.1, 0.15) is 5.56 Å². The number of hydrogen-bond donors (Lipinski definition) is 2. The second-order valence-electron chi connectivity index (χ2n) is 5.51. The van der Waals surface area contributed by atoms with Crippen LogP contribution in [0.5, 0.6) is 0 Å². The number of benzene rings is 1. The molecule has 2 N–H and O–H groups in total. The van der Waals surface area contributed by atoms with Crippen molar-refractivity contribution < 1.29 is 32.6 Å². The number of carbonyl (C=O) groups is 2. The van der Waals surface area contributed by atoms with Gasteiger partial charge in [-0.05, 0) is 24.6 Å². The van der Waals surface area contributed by atoms with Crippen molar-refractivity contribution in [3.63, 3.8) is 0 Å². The molecule has 6 nitrogen and oxygen atoms in total. The number of nitrogens with one attached hydrogen (secondary N) is 1. The van der Waals surface area contributed by atoms with Gasteiger partial charge in [-0.15, -0.1) is 0 Å². The van der Waals surface area contributed by atoms with Crippen LogP contribution in [0.25, 0.3) is 0 Å². The van der Waals surface area contributed by atoms with Crippen molar-refractivity contribution in [3.05, 3.63) is 33.8 Å². The van der Waals surface area contributed by atoms with Gasteiger partial charge in [-0.2, -0.15) is 13.2 Å². The summed E-state index contributed by atoms with van der Waals surface area (Å²) in [7, 11) is 1.11. The number of rotatable bonds is 2. The standard InChI is InChI=1S/C8H11F3N2O4.C7H6Cl2/c1-17-5(14)2-12-6(15)13-3-7(16,4-13)8(9,10)11;1-5-2-3-6(8)4-7(5)9/h16H,2-4H2,1H3,(H,12,15);2-4H,1H3. The number of β-amino-alcohol motifs (C(OH)–C–C–N with tert-alkyl or cyclic N) is 1. The highest BCUT2D eigenvalue weighted by molar-refractivity contribution is 6.35. The Balaban J connectivity index is 0.000000314. The molecule has 1 aliphatic heterocycles. The lowest BCUT2D eigenvalue weighted by Crippen LogP contribution is -2.71. The van der Waals surface area contributed by atoms with Gasteiger partial charge in [-0.25, -0.2) is 4.79 Å². The number of methoxy groups -OCH3 is 1. The number of esters is 1. The van der Waals surface area contributed by atoms with Gasteiger partial charge in [0.1, 0.15) is 6.54 Å². The van der Waals surface area contributed by atoms with Crippen molar-refractivity contribution in [3.8, 4) is 0 Å². The Kier molecular flexibility index (Phi) is 7.55. The molecule has 1 heterocycles. The van der Waals surface area contributed by atoms with Crippen LogP contribution in [0.15, 0.2) is 18.2 Å². The van der Waals surface area contributed by atoms with Gasteiger partial charge in [0.25, 0.3) is 0 Å². The first kappa shape index (κ1) is 22.3. The van der Waals surface area contributed by atoms with E-state index in [9.17, 15) is 22.8 Å². The maximum atomic E-state index is 12.2. The molecule has 1 aliphatic rings. The van der Waals surface area contributed by atoms with Crippen molar-refractivity contribution in [2.24, 2.45) is 0 Å². The van der Waals surface area contributed by atoms with Gasteiger partial charge in [0, 0.05) is 10.0 Å². The van der Waals surface area contributed by atoms with Gasteiger partial charge < -0.3 is 20.1 Å². The van der Waals surface area contributed by atoms with E-state index in [4.69, 9.17) is 28.3 Å². The summed E-state index contributed by atoms with van der Waals surface area (Å²) >= 11 is 11.4. The molecule has 0 aliphatic carbocycles. The van der Waals surface area contributed by atoms with Crippen LogP contribution in [0.3, 0.4) is 0 Å². The summed E-state index contributed by atoms with van der Waals surface area (Å²) < 4.78 is 40.8. The fourth-order valence-corrected chi connectivity index (χ4v) is 2.22. The summed E-state index contributed by atoms with van der Waals surface area (Å²) in [6.45, 7) is -0.179. The average molecular weight is 417 g/mol. The number of carbonyl (C=O) groups excluding carboxylic acids is 2. The predicted octanol–water partition coefficient (Wildman–Crippen LogP) is 2.78. The first-order chi connectivity index (χ1) is 11.9. The number of aryl methyl sites for hydroxylation is 1. The van der Waals surface area contributed by atoms with Gasteiger partial charge in [0.2, 0.25) is 0 Å². The highest BCUT2D eigenvalue weighted by Crippen LogP contribution is 2.37. The number of halogens is 5. The summed E-state index contributed by atoms with van der Waals surface area (Å²) in [6, 6.07) is 4.59. The Morgan fingerprint density at radius 1 is 1.35 bits per heavy atom. The van der Waals surface area contributed by atoms with E-state index in [1.54, 1.807) is 6.07 Å². The van der Waals surface area contributed by atoms with Crippen molar-refractivity contribution in [2.45, 2.75) is 18.7 Å². The molecule has 2 amide bonds. The number of hydrogen-bond acceptors (Lipinski definition) is 4. The minimum atomic E-state index is -4.77. The molecule has 0 spiro atoms. The zero-order valence-corrected chi connectivity index (χ0v) is 15.4. The summed E-state index contributed by atoms with van der Waals surface area (Å²) in [4.78, 5) is 22.6. The van der Waals surface area contributed by atoms with E-state index < -0.39 is 43.4 Å². The molecule has 2 rings (SSSR count). The topological polar surface area (TPSA) is 78.9 Å². The molecular formula is C15H17Cl2F3N2O4. The van der Waals surface area contributed by atoms with E-state index in [0.717, 1.165) is 22.6 Å². The van der Waals surface area contributed by atoms with E-state index in [1.807, 2.05) is 19.1 Å². The molecule has 11 heteroatoms. The zero-order chi connectivity index (χ0) is 20.1. The van der Waals surface area contributed by atoms with Crippen molar-refractivity contribution in [1.29, 1.82) is 0 Å². The van der Waals surface area contributed by atoms with Gasteiger partial charge in [-0.3, -0.25) is 4.79 Å². The molecule has 1 aromatic carbocycles. The molecule has 1 aromatic rings. The van der Waals surface area contributed by atoms with Gasteiger partial charge in [0.05, 0.1) is 20.2 Å². The second-order valence-corrected chi connectivity index (χ2v) is 6.36.